The fourth-order valence-corrected chi connectivity index (χ4v) is 3.40. The molecular formula is C17H27NO. The van der Waals surface area contributed by atoms with Gasteiger partial charge in [0.2, 0.25) is 0 Å². The number of likely N-dealkylation sites (N-methyl/N-ethyl adjacent to an activating group) is 1. The van der Waals surface area contributed by atoms with Crippen molar-refractivity contribution in [3.8, 4) is 0 Å². The maximum absolute atomic E-state index is 5.85. The van der Waals surface area contributed by atoms with Gasteiger partial charge in [0.05, 0.1) is 6.10 Å². The van der Waals surface area contributed by atoms with E-state index in [9.17, 15) is 0 Å². The van der Waals surface area contributed by atoms with Gasteiger partial charge in [-0.05, 0) is 37.8 Å². The molecule has 1 N–H and O–H groups in total. The van der Waals surface area contributed by atoms with Crippen LogP contribution in [0.3, 0.4) is 0 Å². The third-order valence-corrected chi connectivity index (χ3v) is 4.45. The lowest BCUT2D eigenvalue weighted by Crippen LogP contribution is -2.45. The van der Waals surface area contributed by atoms with Gasteiger partial charge in [-0.2, -0.15) is 0 Å². The molecule has 0 bridgehead atoms. The molecule has 1 aliphatic carbocycles. The molecule has 2 rings (SSSR count). The lowest BCUT2D eigenvalue weighted by atomic mass is 9.81. The largest absolute Gasteiger partial charge is 0.380 e. The summed E-state index contributed by atoms with van der Waals surface area (Å²) in [7, 11) is 3.93. The van der Waals surface area contributed by atoms with Gasteiger partial charge >= 0.3 is 0 Å². The summed E-state index contributed by atoms with van der Waals surface area (Å²) in [4.78, 5) is 0. The standard InChI is InChI=1S/C17H27NO/c1-18-16(13-14-9-5-3-6-10-14)17(19-2)15-11-7-4-8-12-15/h3,5-6,9-10,15-18H,4,7-8,11-13H2,1-2H3. The average Bonchev–Trinajstić information content (AvgIpc) is 2.49. The highest BCUT2D eigenvalue weighted by molar-refractivity contribution is 5.16. The second kappa shape index (κ2) is 7.66. The Bertz CT molecular complexity index is 346. The molecule has 0 amide bonds. The monoisotopic (exact) mass is 261 g/mol. The molecule has 1 aromatic rings. The van der Waals surface area contributed by atoms with E-state index in [1.165, 1.54) is 37.7 Å². The van der Waals surface area contributed by atoms with Gasteiger partial charge in [-0.1, -0.05) is 49.6 Å². The van der Waals surface area contributed by atoms with Crippen molar-refractivity contribution in [2.45, 2.75) is 50.7 Å². The summed E-state index contributed by atoms with van der Waals surface area (Å²) in [5.74, 6) is 0.722. The van der Waals surface area contributed by atoms with E-state index in [1.807, 2.05) is 7.11 Å². The molecule has 0 saturated heterocycles. The molecule has 0 spiro atoms. The Morgan fingerprint density at radius 2 is 1.84 bits per heavy atom. The highest BCUT2D eigenvalue weighted by Crippen LogP contribution is 2.30. The van der Waals surface area contributed by atoms with Gasteiger partial charge in [-0.3, -0.25) is 0 Å². The number of ether oxygens (including phenoxy) is 1. The van der Waals surface area contributed by atoms with Crippen LogP contribution in [0.1, 0.15) is 37.7 Å². The Morgan fingerprint density at radius 3 is 2.42 bits per heavy atom. The fourth-order valence-electron chi connectivity index (χ4n) is 3.40. The average molecular weight is 261 g/mol. The maximum Gasteiger partial charge on any atom is 0.0755 e. The van der Waals surface area contributed by atoms with E-state index in [-0.39, 0.29) is 0 Å². The van der Waals surface area contributed by atoms with Crippen LogP contribution >= 0.6 is 0 Å². The van der Waals surface area contributed by atoms with Gasteiger partial charge in [0.15, 0.2) is 0 Å². The molecule has 106 valence electrons. The van der Waals surface area contributed by atoms with Crippen molar-refractivity contribution in [3.05, 3.63) is 35.9 Å². The van der Waals surface area contributed by atoms with Crippen molar-refractivity contribution in [1.29, 1.82) is 0 Å². The predicted molar refractivity (Wildman–Crippen MR) is 80.4 cm³/mol. The molecule has 2 atom stereocenters. The summed E-state index contributed by atoms with van der Waals surface area (Å²) in [6.07, 6.45) is 8.17. The van der Waals surface area contributed by atoms with Crippen LogP contribution in [0, 0.1) is 5.92 Å². The van der Waals surface area contributed by atoms with Crippen LogP contribution in [0.2, 0.25) is 0 Å². The summed E-state index contributed by atoms with van der Waals surface area (Å²) in [5.41, 5.74) is 1.39. The highest BCUT2D eigenvalue weighted by Gasteiger charge is 2.29. The van der Waals surface area contributed by atoms with Gasteiger partial charge in [-0.25, -0.2) is 0 Å². The summed E-state index contributed by atoms with van der Waals surface area (Å²) >= 11 is 0. The first-order valence-electron chi connectivity index (χ1n) is 7.59. The first kappa shape index (κ1) is 14.5. The van der Waals surface area contributed by atoms with E-state index >= 15 is 0 Å². The van der Waals surface area contributed by atoms with Gasteiger partial charge in [0.1, 0.15) is 0 Å². The normalized spacial score (nSPS) is 20.1. The van der Waals surface area contributed by atoms with Gasteiger partial charge in [-0.15, -0.1) is 0 Å². The van der Waals surface area contributed by atoms with E-state index in [0.29, 0.717) is 12.1 Å². The SMILES string of the molecule is CNC(Cc1ccccc1)C(OC)C1CCCCC1. The van der Waals surface area contributed by atoms with Crippen LogP contribution in [0.4, 0.5) is 0 Å². The Morgan fingerprint density at radius 1 is 1.16 bits per heavy atom. The van der Waals surface area contributed by atoms with Crippen LogP contribution < -0.4 is 5.32 Å². The topological polar surface area (TPSA) is 21.3 Å². The van der Waals surface area contributed by atoms with Gasteiger partial charge in [0.25, 0.3) is 0 Å². The van der Waals surface area contributed by atoms with Crippen LogP contribution in [0.5, 0.6) is 0 Å². The Hall–Kier alpha value is -0.860. The molecule has 2 heteroatoms. The summed E-state index contributed by atoms with van der Waals surface area (Å²) in [5, 5.41) is 3.47. The zero-order chi connectivity index (χ0) is 13.5. The summed E-state index contributed by atoms with van der Waals surface area (Å²) < 4.78 is 5.85. The Kier molecular flexibility index (Phi) is 5.87. The minimum Gasteiger partial charge on any atom is -0.380 e. The summed E-state index contributed by atoms with van der Waals surface area (Å²) in [6, 6.07) is 11.1. The number of rotatable bonds is 6. The van der Waals surface area contributed by atoms with Crippen molar-refractivity contribution in [1.82, 2.24) is 5.32 Å². The first-order valence-corrected chi connectivity index (χ1v) is 7.59. The molecule has 1 saturated carbocycles. The molecule has 1 aromatic carbocycles. The third kappa shape index (κ3) is 4.05. The zero-order valence-corrected chi connectivity index (χ0v) is 12.3. The van der Waals surface area contributed by atoms with E-state index in [2.05, 4.69) is 42.7 Å². The van der Waals surface area contributed by atoms with Crippen LogP contribution in [0.25, 0.3) is 0 Å². The smallest absolute Gasteiger partial charge is 0.0755 e. The molecule has 2 unspecified atom stereocenters. The minimum absolute atomic E-state index is 0.338. The Labute approximate surface area is 117 Å². The number of methoxy groups -OCH3 is 1. The molecule has 1 aliphatic rings. The minimum atomic E-state index is 0.338. The van der Waals surface area contributed by atoms with Crippen molar-refractivity contribution in [2.24, 2.45) is 5.92 Å². The zero-order valence-electron chi connectivity index (χ0n) is 12.3. The number of nitrogens with one attached hydrogen (secondary N) is 1. The molecule has 2 nitrogen and oxygen atoms in total. The molecule has 0 aliphatic heterocycles. The maximum atomic E-state index is 5.85. The van der Waals surface area contributed by atoms with Crippen molar-refractivity contribution in [2.75, 3.05) is 14.2 Å². The van der Waals surface area contributed by atoms with Crippen LogP contribution in [-0.2, 0) is 11.2 Å². The molecule has 0 heterocycles. The lowest BCUT2D eigenvalue weighted by Gasteiger charge is -2.35. The van der Waals surface area contributed by atoms with Crippen molar-refractivity contribution in [3.63, 3.8) is 0 Å². The predicted octanol–water partition coefficient (Wildman–Crippen LogP) is 3.41. The second-order valence-corrected chi connectivity index (χ2v) is 5.68. The molecule has 19 heavy (non-hydrogen) atoms. The van der Waals surface area contributed by atoms with E-state index in [0.717, 1.165) is 12.3 Å². The first-order chi connectivity index (χ1) is 9.35. The van der Waals surface area contributed by atoms with Gasteiger partial charge in [0, 0.05) is 13.2 Å². The lowest BCUT2D eigenvalue weighted by molar-refractivity contribution is 0.0101. The molecule has 0 aromatic heterocycles. The number of hydrogen-bond acceptors (Lipinski definition) is 2. The quantitative estimate of drug-likeness (QED) is 0.847. The summed E-state index contributed by atoms with van der Waals surface area (Å²) in [6.45, 7) is 0. The van der Waals surface area contributed by atoms with E-state index in [4.69, 9.17) is 4.74 Å². The molecule has 0 radical (unpaired) electrons. The number of hydrogen-bond donors (Lipinski definition) is 1. The van der Waals surface area contributed by atoms with Crippen LogP contribution in [-0.4, -0.2) is 26.3 Å². The third-order valence-electron chi connectivity index (χ3n) is 4.45. The fraction of sp³-hybridized carbons (Fsp3) is 0.647. The highest BCUT2D eigenvalue weighted by atomic mass is 16.5. The van der Waals surface area contributed by atoms with Gasteiger partial charge < -0.3 is 10.1 Å². The van der Waals surface area contributed by atoms with Crippen molar-refractivity contribution >= 4 is 0 Å². The van der Waals surface area contributed by atoms with Crippen molar-refractivity contribution < 1.29 is 4.74 Å². The molecule has 1 fully saturated rings. The Balaban J connectivity index is 2.01. The van der Waals surface area contributed by atoms with E-state index in [1.54, 1.807) is 0 Å². The molecular weight excluding hydrogens is 234 g/mol. The number of benzene rings is 1. The second-order valence-electron chi connectivity index (χ2n) is 5.68. The van der Waals surface area contributed by atoms with Crippen LogP contribution in [0.15, 0.2) is 30.3 Å². The van der Waals surface area contributed by atoms with E-state index < -0.39 is 0 Å².